The van der Waals surface area contributed by atoms with Crippen molar-refractivity contribution in [1.29, 1.82) is 0 Å². The van der Waals surface area contributed by atoms with Crippen molar-refractivity contribution >= 4 is 5.91 Å². The zero-order valence-corrected chi connectivity index (χ0v) is 12.3. The van der Waals surface area contributed by atoms with E-state index in [1.165, 1.54) is 38.5 Å². The smallest absolute Gasteiger partial charge is 0.227 e. The predicted molar refractivity (Wildman–Crippen MR) is 76.9 cm³/mol. The quantitative estimate of drug-likeness (QED) is 0.789. The first-order chi connectivity index (χ1) is 9.20. The van der Waals surface area contributed by atoms with Gasteiger partial charge in [-0.1, -0.05) is 12.8 Å². The Bertz CT molecular complexity index is 326. The van der Waals surface area contributed by atoms with Gasteiger partial charge in [0.15, 0.2) is 0 Å². The minimum absolute atomic E-state index is 0.228. The Balaban J connectivity index is 1.57. The molecule has 108 valence electrons. The maximum Gasteiger partial charge on any atom is 0.227 e. The summed E-state index contributed by atoms with van der Waals surface area (Å²) in [5, 5.41) is 3.45. The highest BCUT2D eigenvalue weighted by molar-refractivity contribution is 5.79. The SMILES string of the molecule is CC1NCCCC1C(=O)N1CCC2(CCCC2)CC1. The van der Waals surface area contributed by atoms with Gasteiger partial charge in [0.1, 0.15) is 0 Å². The average Bonchev–Trinajstić information content (AvgIpc) is 2.88. The highest BCUT2D eigenvalue weighted by Gasteiger charge is 2.39. The molecule has 1 aliphatic carbocycles. The number of likely N-dealkylation sites (tertiary alicyclic amines) is 1. The summed E-state index contributed by atoms with van der Waals surface area (Å²) in [5.74, 6) is 0.652. The maximum absolute atomic E-state index is 12.7. The Morgan fingerprint density at radius 1 is 1.11 bits per heavy atom. The summed E-state index contributed by atoms with van der Waals surface area (Å²) in [7, 11) is 0. The van der Waals surface area contributed by atoms with Crippen LogP contribution in [0.4, 0.5) is 0 Å². The van der Waals surface area contributed by atoms with Crippen LogP contribution < -0.4 is 5.32 Å². The number of hydrogen-bond acceptors (Lipinski definition) is 2. The van der Waals surface area contributed by atoms with Crippen LogP contribution in [0, 0.1) is 11.3 Å². The van der Waals surface area contributed by atoms with Crippen LogP contribution in [0.2, 0.25) is 0 Å². The first kappa shape index (κ1) is 13.4. The molecule has 3 rings (SSSR count). The minimum atomic E-state index is 0.228. The van der Waals surface area contributed by atoms with Crippen LogP contribution in [0.3, 0.4) is 0 Å². The summed E-state index contributed by atoms with van der Waals surface area (Å²) >= 11 is 0. The third-order valence-electron chi connectivity index (χ3n) is 5.88. The van der Waals surface area contributed by atoms with E-state index in [4.69, 9.17) is 0 Å². The summed E-state index contributed by atoms with van der Waals surface area (Å²) in [6.45, 7) is 5.28. The van der Waals surface area contributed by atoms with Crippen molar-refractivity contribution in [3.8, 4) is 0 Å². The molecule has 19 heavy (non-hydrogen) atoms. The lowest BCUT2D eigenvalue weighted by Crippen LogP contribution is -2.51. The summed E-state index contributed by atoms with van der Waals surface area (Å²) in [4.78, 5) is 14.8. The van der Waals surface area contributed by atoms with Gasteiger partial charge in [-0.05, 0) is 57.4 Å². The van der Waals surface area contributed by atoms with Crippen LogP contribution in [-0.2, 0) is 4.79 Å². The van der Waals surface area contributed by atoms with Gasteiger partial charge in [0, 0.05) is 19.1 Å². The van der Waals surface area contributed by atoms with Crippen LogP contribution in [0.15, 0.2) is 0 Å². The van der Waals surface area contributed by atoms with E-state index < -0.39 is 0 Å². The fourth-order valence-electron chi connectivity index (χ4n) is 4.44. The Labute approximate surface area is 117 Å². The van der Waals surface area contributed by atoms with Crippen molar-refractivity contribution in [3.63, 3.8) is 0 Å². The van der Waals surface area contributed by atoms with E-state index in [0.717, 1.165) is 32.5 Å². The molecule has 0 aromatic rings. The number of nitrogens with zero attached hydrogens (tertiary/aromatic N) is 1. The van der Waals surface area contributed by atoms with E-state index in [0.29, 0.717) is 17.4 Å². The van der Waals surface area contributed by atoms with Crippen molar-refractivity contribution < 1.29 is 4.79 Å². The van der Waals surface area contributed by atoms with E-state index in [2.05, 4.69) is 17.1 Å². The molecule has 1 saturated carbocycles. The Hall–Kier alpha value is -0.570. The topological polar surface area (TPSA) is 32.3 Å². The molecule has 3 aliphatic rings. The summed E-state index contributed by atoms with van der Waals surface area (Å²) in [6, 6.07) is 0.364. The Morgan fingerprint density at radius 3 is 2.42 bits per heavy atom. The lowest BCUT2D eigenvalue weighted by atomic mass is 9.76. The van der Waals surface area contributed by atoms with Gasteiger partial charge in [-0.25, -0.2) is 0 Å². The minimum Gasteiger partial charge on any atom is -0.342 e. The van der Waals surface area contributed by atoms with Gasteiger partial charge in [0.05, 0.1) is 5.92 Å². The third kappa shape index (κ3) is 2.67. The average molecular weight is 264 g/mol. The van der Waals surface area contributed by atoms with Gasteiger partial charge in [-0.15, -0.1) is 0 Å². The van der Waals surface area contributed by atoms with E-state index in [1.54, 1.807) is 0 Å². The molecule has 3 nitrogen and oxygen atoms in total. The second kappa shape index (κ2) is 5.43. The number of carbonyl (C=O) groups excluding carboxylic acids is 1. The van der Waals surface area contributed by atoms with Gasteiger partial charge >= 0.3 is 0 Å². The van der Waals surface area contributed by atoms with Crippen molar-refractivity contribution in [2.24, 2.45) is 11.3 Å². The van der Waals surface area contributed by atoms with Crippen LogP contribution in [0.5, 0.6) is 0 Å². The lowest BCUT2D eigenvalue weighted by Gasteiger charge is -2.42. The number of amides is 1. The first-order valence-electron chi connectivity index (χ1n) is 8.22. The molecule has 3 heteroatoms. The van der Waals surface area contributed by atoms with E-state index >= 15 is 0 Å². The second-order valence-electron chi connectivity index (χ2n) is 7.02. The molecule has 2 heterocycles. The number of carbonyl (C=O) groups is 1. The molecule has 2 saturated heterocycles. The number of nitrogens with one attached hydrogen (secondary N) is 1. The monoisotopic (exact) mass is 264 g/mol. The molecular weight excluding hydrogens is 236 g/mol. The van der Waals surface area contributed by atoms with Crippen LogP contribution >= 0.6 is 0 Å². The van der Waals surface area contributed by atoms with E-state index in [-0.39, 0.29) is 5.92 Å². The molecule has 0 aromatic heterocycles. The van der Waals surface area contributed by atoms with Gasteiger partial charge < -0.3 is 10.2 Å². The number of rotatable bonds is 1. The molecule has 2 aliphatic heterocycles. The molecule has 1 amide bonds. The van der Waals surface area contributed by atoms with E-state index in [1.807, 2.05) is 0 Å². The standard InChI is InChI=1S/C16H28N2O/c1-13-14(5-4-10-17-13)15(19)18-11-8-16(9-12-18)6-2-3-7-16/h13-14,17H,2-12H2,1H3. The summed E-state index contributed by atoms with van der Waals surface area (Å²) < 4.78 is 0. The van der Waals surface area contributed by atoms with E-state index in [9.17, 15) is 4.79 Å². The second-order valence-corrected chi connectivity index (χ2v) is 7.02. The van der Waals surface area contributed by atoms with Gasteiger partial charge in [-0.2, -0.15) is 0 Å². The van der Waals surface area contributed by atoms with Crippen LogP contribution in [-0.4, -0.2) is 36.5 Å². The number of piperidine rings is 2. The van der Waals surface area contributed by atoms with Crippen LogP contribution in [0.25, 0.3) is 0 Å². The highest BCUT2D eigenvalue weighted by atomic mass is 16.2. The predicted octanol–water partition coefficient (Wildman–Crippen LogP) is 2.56. The third-order valence-corrected chi connectivity index (χ3v) is 5.88. The van der Waals surface area contributed by atoms with Gasteiger partial charge in [0.2, 0.25) is 5.91 Å². The molecule has 2 unspecified atom stereocenters. The van der Waals surface area contributed by atoms with Crippen molar-refractivity contribution in [2.45, 2.75) is 64.3 Å². The zero-order valence-electron chi connectivity index (χ0n) is 12.3. The molecule has 0 bridgehead atoms. The normalized spacial score (nSPS) is 34.7. The zero-order chi connectivity index (χ0) is 13.3. The highest BCUT2D eigenvalue weighted by Crippen LogP contribution is 2.46. The molecular formula is C16H28N2O. The van der Waals surface area contributed by atoms with Crippen molar-refractivity contribution in [3.05, 3.63) is 0 Å². The molecule has 1 N–H and O–H groups in total. The number of hydrogen-bond donors (Lipinski definition) is 1. The largest absolute Gasteiger partial charge is 0.342 e. The molecule has 3 fully saturated rings. The van der Waals surface area contributed by atoms with Crippen molar-refractivity contribution in [1.82, 2.24) is 10.2 Å². The summed E-state index contributed by atoms with van der Waals surface area (Å²) in [6.07, 6.45) is 10.4. The van der Waals surface area contributed by atoms with Crippen molar-refractivity contribution in [2.75, 3.05) is 19.6 Å². The molecule has 2 atom stereocenters. The van der Waals surface area contributed by atoms with Crippen LogP contribution in [0.1, 0.15) is 58.3 Å². The first-order valence-corrected chi connectivity index (χ1v) is 8.22. The molecule has 0 radical (unpaired) electrons. The van der Waals surface area contributed by atoms with Gasteiger partial charge in [0.25, 0.3) is 0 Å². The van der Waals surface area contributed by atoms with Gasteiger partial charge in [-0.3, -0.25) is 4.79 Å². The lowest BCUT2D eigenvalue weighted by molar-refractivity contribution is -0.139. The molecule has 0 aromatic carbocycles. The Morgan fingerprint density at radius 2 is 1.79 bits per heavy atom. The fraction of sp³-hybridized carbons (Fsp3) is 0.938. The fourth-order valence-corrected chi connectivity index (χ4v) is 4.44. The Kier molecular flexibility index (Phi) is 3.84. The summed E-state index contributed by atoms with van der Waals surface area (Å²) in [5.41, 5.74) is 0.618. The maximum atomic E-state index is 12.7. The molecule has 1 spiro atoms.